The number of fused-ring (bicyclic) bond motifs is 2. The number of aromatic nitrogens is 4. The van der Waals surface area contributed by atoms with Crippen molar-refractivity contribution in [3.05, 3.63) is 29.0 Å². The first-order valence-electron chi connectivity index (χ1n) is 7.01. The smallest absolute Gasteiger partial charge is 0.233 e. The zero-order chi connectivity index (χ0) is 15.0. The van der Waals surface area contributed by atoms with E-state index in [0.717, 1.165) is 6.42 Å². The largest absolute Gasteiger partial charge is 0.274 e. The molecule has 2 aromatic heterocycles. The molecule has 1 aromatic carbocycles. The monoisotopic (exact) mass is 302 g/mol. The number of carbonyl (C=O) groups is 1. The Morgan fingerprint density at radius 1 is 1.19 bits per heavy atom. The first-order valence-corrected chi connectivity index (χ1v) is 7.39. The Hall–Kier alpha value is -2.01. The fourth-order valence-corrected chi connectivity index (χ4v) is 2.52. The number of benzene rings is 1. The summed E-state index contributed by atoms with van der Waals surface area (Å²) in [6, 6.07) is 5.32. The Balaban J connectivity index is 2.30. The van der Waals surface area contributed by atoms with Crippen LogP contribution in [-0.2, 0) is 6.42 Å². The number of hydrogen-bond acceptors (Lipinski definition) is 4. The highest BCUT2D eigenvalue weighted by molar-refractivity contribution is 6.31. The van der Waals surface area contributed by atoms with Gasteiger partial charge < -0.3 is 0 Å². The molecule has 0 bridgehead atoms. The molecule has 3 rings (SSSR count). The molecule has 0 unspecified atom stereocenters. The second-order valence-electron chi connectivity index (χ2n) is 4.86. The molecule has 0 amide bonds. The van der Waals surface area contributed by atoms with Crippen molar-refractivity contribution in [3.8, 4) is 0 Å². The van der Waals surface area contributed by atoms with Gasteiger partial charge in [0.2, 0.25) is 5.91 Å². The van der Waals surface area contributed by atoms with Crippen LogP contribution in [0, 0.1) is 0 Å². The quantitative estimate of drug-likeness (QED) is 0.741. The number of nitrogens with zero attached hydrogens (tertiary/aromatic N) is 4. The highest BCUT2D eigenvalue weighted by Crippen LogP contribution is 2.21. The van der Waals surface area contributed by atoms with E-state index in [1.165, 1.54) is 0 Å². The van der Waals surface area contributed by atoms with Gasteiger partial charge in [-0.05, 0) is 24.6 Å². The van der Waals surface area contributed by atoms with Gasteiger partial charge in [0.25, 0.3) is 0 Å². The lowest BCUT2D eigenvalue weighted by molar-refractivity contribution is 0.0903. The molecule has 0 aliphatic heterocycles. The Labute approximate surface area is 127 Å². The minimum absolute atomic E-state index is 0.0134. The van der Waals surface area contributed by atoms with Crippen LogP contribution in [0.4, 0.5) is 0 Å². The third-order valence-electron chi connectivity index (χ3n) is 3.32. The van der Waals surface area contributed by atoms with Crippen LogP contribution in [-0.4, -0.2) is 25.4 Å². The maximum Gasteiger partial charge on any atom is 0.233 e. The van der Waals surface area contributed by atoms with Gasteiger partial charge in [0.05, 0.1) is 11.0 Å². The van der Waals surface area contributed by atoms with Crippen molar-refractivity contribution in [2.24, 2.45) is 0 Å². The van der Waals surface area contributed by atoms with E-state index in [4.69, 9.17) is 11.6 Å². The summed E-state index contributed by atoms with van der Waals surface area (Å²) < 4.78 is 1.60. The Kier molecular flexibility index (Phi) is 3.59. The lowest BCUT2D eigenvalue weighted by atomic mass is 10.3. The molecule has 0 aliphatic carbocycles. The molecule has 0 fully saturated rings. The summed E-state index contributed by atoms with van der Waals surface area (Å²) in [5.74, 6) is 0.712. The molecule has 0 saturated carbocycles. The van der Waals surface area contributed by atoms with Crippen LogP contribution < -0.4 is 0 Å². The number of rotatable bonds is 3. The molecule has 0 saturated heterocycles. The van der Waals surface area contributed by atoms with E-state index in [1.807, 2.05) is 13.8 Å². The first kappa shape index (κ1) is 13.9. The molecule has 0 radical (unpaired) electrons. The zero-order valence-corrected chi connectivity index (χ0v) is 12.7. The van der Waals surface area contributed by atoms with E-state index in [1.54, 1.807) is 22.8 Å². The maximum atomic E-state index is 12.3. The molecule has 0 atom stereocenters. The average molecular weight is 303 g/mol. The minimum atomic E-state index is 0.0134. The number of carbonyl (C=O) groups excluding carboxylic acids is 1. The fourth-order valence-electron chi connectivity index (χ4n) is 2.35. The summed E-state index contributed by atoms with van der Waals surface area (Å²) >= 11 is 5.98. The van der Waals surface area contributed by atoms with Gasteiger partial charge in [0.1, 0.15) is 5.82 Å². The van der Waals surface area contributed by atoms with Crippen molar-refractivity contribution >= 4 is 39.8 Å². The molecule has 0 spiro atoms. The standard InChI is InChI=1S/C15H15ClN4O/c1-3-5-13(21)20-12(4-2)19-14-15(20)18-10-7-6-9(16)8-11(10)17-14/h6-8H,3-5H2,1-2H3. The number of hydrogen-bond donors (Lipinski definition) is 0. The third-order valence-corrected chi connectivity index (χ3v) is 3.56. The van der Waals surface area contributed by atoms with E-state index in [9.17, 15) is 4.79 Å². The molecular weight excluding hydrogens is 288 g/mol. The number of aryl methyl sites for hydroxylation is 1. The van der Waals surface area contributed by atoms with E-state index in [0.29, 0.717) is 46.0 Å². The molecule has 2 heterocycles. The van der Waals surface area contributed by atoms with Gasteiger partial charge in [-0.3, -0.25) is 4.79 Å². The molecule has 108 valence electrons. The van der Waals surface area contributed by atoms with Gasteiger partial charge in [-0.25, -0.2) is 19.5 Å². The SMILES string of the molecule is CCCC(=O)n1c(CC)nc2nc3cc(Cl)ccc3nc21. The fraction of sp³-hybridized carbons (Fsp3) is 0.333. The summed E-state index contributed by atoms with van der Waals surface area (Å²) in [7, 11) is 0. The average Bonchev–Trinajstić information content (AvgIpc) is 2.82. The van der Waals surface area contributed by atoms with E-state index in [-0.39, 0.29) is 5.91 Å². The first-order chi connectivity index (χ1) is 10.1. The second kappa shape index (κ2) is 5.41. The lowest BCUT2D eigenvalue weighted by Crippen LogP contribution is -2.14. The minimum Gasteiger partial charge on any atom is -0.274 e. The van der Waals surface area contributed by atoms with Crippen LogP contribution in [0.25, 0.3) is 22.3 Å². The van der Waals surface area contributed by atoms with Crippen molar-refractivity contribution in [1.82, 2.24) is 19.5 Å². The predicted molar refractivity (Wildman–Crippen MR) is 82.8 cm³/mol. The summed E-state index contributed by atoms with van der Waals surface area (Å²) in [4.78, 5) is 25.8. The van der Waals surface area contributed by atoms with Gasteiger partial charge in [-0.15, -0.1) is 0 Å². The van der Waals surface area contributed by atoms with Gasteiger partial charge in [0.15, 0.2) is 11.3 Å². The molecule has 0 N–H and O–H groups in total. The van der Waals surface area contributed by atoms with Gasteiger partial charge >= 0.3 is 0 Å². The summed E-state index contributed by atoms with van der Waals surface area (Å²) in [5, 5.41) is 0.605. The van der Waals surface area contributed by atoms with Crippen LogP contribution in [0.3, 0.4) is 0 Å². The van der Waals surface area contributed by atoms with Crippen molar-refractivity contribution in [3.63, 3.8) is 0 Å². The topological polar surface area (TPSA) is 60.7 Å². The summed E-state index contributed by atoms with van der Waals surface area (Å²) in [6.07, 6.45) is 1.92. The highest BCUT2D eigenvalue weighted by Gasteiger charge is 2.18. The molecule has 5 nitrogen and oxygen atoms in total. The van der Waals surface area contributed by atoms with Crippen LogP contribution in [0.5, 0.6) is 0 Å². The van der Waals surface area contributed by atoms with Crippen LogP contribution in [0.15, 0.2) is 18.2 Å². The Morgan fingerprint density at radius 3 is 2.71 bits per heavy atom. The maximum absolute atomic E-state index is 12.3. The Bertz CT molecular complexity index is 840. The highest BCUT2D eigenvalue weighted by atomic mass is 35.5. The summed E-state index contributed by atoms with van der Waals surface area (Å²) in [5.41, 5.74) is 2.41. The van der Waals surface area contributed by atoms with Crippen molar-refractivity contribution in [1.29, 1.82) is 0 Å². The lowest BCUT2D eigenvalue weighted by Gasteiger charge is -2.05. The van der Waals surface area contributed by atoms with Crippen molar-refractivity contribution in [2.45, 2.75) is 33.1 Å². The normalized spacial score (nSPS) is 11.4. The number of imidazole rings is 1. The molecule has 0 aliphatic rings. The van der Waals surface area contributed by atoms with Crippen molar-refractivity contribution in [2.75, 3.05) is 0 Å². The third kappa shape index (κ3) is 2.38. The van der Waals surface area contributed by atoms with Crippen LogP contribution >= 0.6 is 11.6 Å². The predicted octanol–water partition coefficient (Wildman–Crippen LogP) is 3.64. The van der Waals surface area contributed by atoms with E-state index < -0.39 is 0 Å². The zero-order valence-electron chi connectivity index (χ0n) is 11.9. The van der Waals surface area contributed by atoms with E-state index in [2.05, 4.69) is 15.0 Å². The molecule has 3 aromatic rings. The summed E-state index contributed by atoms with van der Waals surface area (Å²) in [6.45, 7) is 3.94. The molecule has 21 heavy (non-hydrogen) atoms. The van der Waals surface area contributed by atoms with E-state index >= 15 is 0 Å². The Morgan fingerprint density at radius 2 is 2.00 bits per heavy atom. The van der Waals surface area contributed by atoms with Crippen LogP contribution in [0.2, 0.25) is 5.02 Å². The van der Waals surface area contributed by atoms with Crippen molar-refractivity contribution < 1.29 is 4.79 Å². The number of halogens is 1. The van der Waals surface area contributed by atoms with Crippen LogP contribution in [0.1, 0.15) is 37.3 Å². The van der Waals surface area contributed by atoms with Gasteiger partial charge in [0, 0.05) is 17.9 Å². The molecule has 6 heteroatoms. The van der Waals surface area contributed by atoms with Gasteiger partial charge in [-0.1, -0.05) is 25.4 Å². The molecular formula is C15H15ClN4O. The van der Waals surface area contributed by atoms with Gasteiger partial charge in [-0.2, -0.15) is 0 Å². The second-order valence-corrected chi connectivity index (χ2v) is 5.30.